The lowest BCUT2D eigenvalue weighted by Crippen LogP contribution is -2.65. The predicted molar refractivity (Wildman–Crippen MR) is 131 cm³/mol. The van der Waals surface area contributed by atoms with Gasteiger partial charge >= 0.3 is 6.18 Å². The Morgan fingerprint density at radius 1 is 1.37 bits per heavy atom. The van der Waals surface area contributed by atoms with Crippen molar-refractivity contribution in [1.29, 1.82) is 0 Å². The third-order valence-corrected chi connectivity index (χ3v) is 6.99. The fourth-order valence-electron chi connectivity index (χ4n) is 5.00. The van der Waals surface area contributed by atoms with Gasteiger partial charge in [0.15, 0.2) is 17.5 Å². The number of halogens is 4. The predicted octanol–water partition coefficient (Wildman–Crippen LogP) is 0.728. The monoisotopic (exact) mass is 564 g/mol. The van der Waals surface area contributed by atoms with Gasteiger partial charge in [0.25, 0.3) is 0 Å². The zero-order valence-electron chi connectivity index (χ0n) is 20.9. The van der Waals surface area contributed by atoms with Crippen LogP contribution in [-0.4, -0.2) is 106 Å². The van der Waals surface area contributed by atoms with E-state index in [1.807, 2.05) is 5.43 Å². The van der Waals surface area contributed by atoms with Gasteiger partial charge in [-0.3, -0.25) is 15.0 Å². The maximum Gasteiger partial charge on any atom is 0.402 e. The van der Waals surface area contributed by atoms with Crippen molar-refractivity contribution in [2.24, 2.45) is 5.92 Å². The summed E-state index contributed by atoms with van der Waals surface area (Å²) in [7, 11) is 1.42. The van der Waals surface area contributed by atoms with Gasteiger partial charge in [-0.05, 0) is 0 Å². The number of anilines is 1. The third-order valence-electron chi connectivity index (χ3n) is 6.78. The van der Waals surface area contributed by atoms with Crippen LogP contribution in [0.2, 0.25) is 5.02 Å². The summed E-state index contributed by atoms with van der Waals surface area (Å²) >= 11 is 6.05. The van der Waals surface area contributed by atoms with E-state index in [0.717, 1.165) is 12.2 Å². The first kappa shape index (κ1) is 28.6. The second-order valence-corrected chi connectivity index (χ2v) is 9.88. The number of carbonyl (C=O) groups is 2. The van der Waals surface area contributed by atoms with E-state index in [4.69, 9.17) is 25.8 Å². The highest BCUT2D eigenvalue weighted by atomic mass is 35.5. The molecule has 1 aromatic heterocycles. The molecule has 212 valence electrons. The summed E-state index contributed by atoms with van der Waals surface area (Å²) in [6.07, 6.45) is -2.26. The van der Waals surface area contributed by atoms with Crippen LogP contribution < -0.4 is 25.8 Å². The second kappa shape index (κ2) is 12.6. The van der Waals surface area contributed by atoms with Crippen LogP contribution in [0, 0.1) is 5.92 Å². The molecular formula is C23H32ClF3N6O5. The number of carbonyl (C=O) groups excluding carboxylic acids is 2. The summed E-state index contributed by atoms with van der Waals surface area (Å²) in [5.41, 5.74) is 4.49. The van der Waals surface area contributed by atoms with Crippen LogP contribution in [0.4, 0.5) is 19.0 Å². The number of methoxy groups -OCH3 is 1. The van der Waals surface area contributed by atoms with Crippen molar-refractivity contribution in [1.82, 2.24) is 26.1 Å². The van der Waals surface area contributed by atoms with Gasteiger partial charge in [0, 0.05) is 58.0 Å². The van der Waals surface area contributed by atoms with Crippen LogP contribution in [-0.2, 0) is 19.1 Å². The molecule has 2 saturated heterocycles. The number of rotatable bonds is 9. The number of fused-ring (bicyclic) bond motifs is 3. The number of hydrogen-bond acceptors (Lipinski definition) is 9. The van der Waals surface area contributed by atoms with Crippen molar-refractivity contribution in [3.63, 3.8) is 0 Å². The lowest BCUT2D eigenvalue weighted by Gasteiger charge is -2.41. The fourth-order valence-corrected chi connectivity index (χ4v) is 5.15. The highest BCUT2D eigenvalue weighted by Gasteiger charge is 2.51. The SMILES string of the molecule is COC[C@@H](COCCC(=O)N1CCN2c3ncc(Cl)cc3OCC[C@H]2C1)NC1CNNC(=O)C1C(F)(F)F. The van der Waals surface area contributed by atoms with Crippen LogP contribution in [0.3, 0.4) is 0 Å². The minimum absolute atomic E-state index is 0.0164. The number of nitrogens with zero attached hydrogens (tertiary/aromatic N) is 3. The summed E-state index contributed by atoms with van der Waals surface area (Å²) in [6.45, 7) is 2.21. The number of alkyl halides is 3. The average molecular weight is 565 g/mol. The number of aromatic nitrogens is 1. The lowest BCUT2D eigenvalue weighted by atomic mass is 9.96. The van der Waals surface area contributed by atoms with Crippen LogP contribution in [0.5, 0.6) is 5.75 Å². The van der Waals surface area contributed by atoms with E-state index >= 15 is 0 Å². The molecular weight excluding hydrogens is 533 g/mol. The Bertz CT molecular complexity index is 989. The van der Waals surface area contributed by atoms with E-state index in [1.54, 1.807) is 17.2 Å². The van der Waals surface area contributed by atoms with Gasteiger partial charge < -0.3 is 29.3 Å². The molecule has 2 amide bonds. The van der Waals surface area contributed by atoms with Crippen LogP contribution in [0.1, 0.15) is 12.8 Å². The number of hydrazine groups is 1. The highest BCUT2D eigenvalue weighted by molar-refractivity contribution is 6.30. The molecule has 2 fully saturated rings. The van der Waals surface area contributed by atoms with Crippen molar-refractivity contribution in [2.45, 2.75) is 37.1 Å². The Kier molecular flexibility index (Phi) is 9.52. The van der Waals surface area contributed by atoms with Gasteiger partial charge in [-0.15, -0.1) is 0 Å². The molecule has 0 aliphatic carbocycles. The number of hydrogen-bond donors (Lipinski definition) is 3. The molecule has 4 heterocycles. The minimum atomic E-state index is -4.70. The van der Waals surface area contributed by atoms with Crippen molar-refractivity contribution >= 4 is 29.2 Å². The Hall–Kier alpha value is -2.39. The molecule has 38 heavy (non-hydrogen) atoms. The topological polar surface area (TPSA) is 117 Å². The molecule has 0 saturated carbocycles. The minimum Gasteiger partial charge on any atom is -0.490 e. The van der Waals surface area contributed by atoms with E-state index in [0.29, 0.717) is 37.0 Å². The second-order valence-electron chi connectivity index (χ2n) is 9.44. The molecule has 4 atom stereocenters. The molecule has 4 rings (SSSR count). The van der Waals surface area contributed by atoms with Gasteiger partial charge in [0.1, 0.15) is 0 Å². The van der Waals surface area contributed by atoms with E-state index in [-0.39, 0.29) is 44.7 Å². The number of piperazine rings is 1. The Morgan fingerprint density at radius 3 is 2.95 bits per heavy atom. The molecule has 11 nitrogen and oxygen atoms in total. The summed E-state index contributed by atoms with van der Waals surface area (Å²) in [4.78, 5) is 33.0. The van der Waals surface area contributed by atoms with Gasteiger partial charge in [0.2, 0.25) is 11.8 Å². The van der Waals surface area contributed by atoms with Gasteiger partial charge in [-0.2, -0.15) is 13.2 Å². The zero-order valence-corrected chi connectivity index (χ0v) is 21.7. The molecule has 2 unspecified atom stereocenters. The summed E-state index contributed by atoms with van der Waals surface area (Å²) in [6, 6.07) is 0.00919. The molecule has 0 radical (unpaired) electrons. The number of amides is 2. The quantitative estimate of drug-likeness (QED) is 0.373. The zero-order chi connectivity index (χ0) is 27.3. The molecule has 0 aromatic carbocycles. The van der Waals surface area contributed by atoms with Crippen LogP contribution in [0.15, 0.2) is 12.3 Å². The fraction of sp³-hybridized carbons (Fsp3) is 0.696. The summed E-state index contributed by atoms with van der Waals surface area (Å²) in [5, 5.41) is 3.32. The largest absolute Gasteiger partial charge is 0.490 e. The van der Waals surface area contributed by atoms with Gasteiger partial charge in [-0.25, -0.2) is 10.4 Å². The average Bonchev–Trinajstić information content (AvgIpc) is 3.04. The first-order valence-electron chi connectivity index (χ1n) is 12.4. The normalized spacial score (nSPS) is 24.6. The molecule has 3 N–H and O–H groups in total. The van der Waals surface area contributed by atoms with Crippen molar-refractivity contribution in [3.05, 3.63) is 17.3 Å². The molecule has 3 aliphatic rings. The Morgan fingerprint density at radius 2 is 2.18 bits per heavy atom. The van der Waals surface area contributed by atoms with Crippen molar-refractivity contribution < 1.29 is 37.0 Å². The molecule has 0 bridgehead atoms. The Balaban J connectivity index is 1.25. The van der Waals surface area contributed by atoms with Crippen molar-refractivity contribution in [2.75, 3.05) is 64.6 Å². The number of ether oxygens (including phenoxy) is 3. The van der Waals surface area contributed by atoms with E-state index in [1.165, 1.54) is 7.11 Å². The number of nitrogens with one attached hydrogen (secondary N) is 3. The summed E-state index contributed by atoms with van der Waals surface area (Å²) in [5.74, 6) is -2.05. The smallest absolute Gasteiger partial charge is 0.402 e. The van der Waals surface area contributed by atoms with Gasteiger partial charge in [0.05, 0.1) is 50.0 Å². The van der Waals surface area contributed by atoms with Crippen LogP contribution >= 0.6 is 11.6 Å². The molecule has 0 spiro atoms. The summed E-state index contributed by atoms with van der Waals surface area (Å²) < 4.78 is 56.8. The molecule has 1 aromatic rings. The van der Waals surface area contributed by atoms with Crippen LogP contribution in [0.25, 0.3) is 0 Å². The maximum absolute atomic E-state index is 13.4. The first-order valence-corrected chi connectivity index (χ1v) is 12.8. The number of pyridine rings is 1. The van der Waals surface area contributed by atoms with E-state index in [2.05, 4.69) is 20.6 Å². The first-order chi connectivity index (χ1) is 18.2. The van der Waals surface area contributed by atoms with E-state index < -0.39 is 30.1 Å². The maximum atomic E-state index is 13.4. The highest BCUT2D eigenvalue weighted by Crippen LogP contribution is 2.34. The van der Waals surface area contributed by atoms with Crippen molar-refractivity contribution in [3.8, 4) is 5.75 Å². The lowest BCUT2D eigenvalue weighted by molar-refractivity contribution is -0.193. The Labute approximate surface area is 223 Å². The molecule has 3 aliphatic heterocycles. The van der Waals surface area contributed by atoms with E-state index in [9.17, 15) is 22.8 Å². The standard InChI is InChI=1S/C23H32ClF3N6O5/c1-36-12-15(30-17-10-29-31-22(35)20(17)23(25,26)27)13-37-6-3-19(34)32-4-5-33-16(11-32)2-7-38-18-8-14(24)9-28-21(18)33/h8-9,15-17,20,29-30H,2-7,10-13H2,1H3,(H,31,35)/t15-,16-,17?,20?/m0/s1. The third kappa shape index (κ3) is 6.97. The van der Waals surface area contributed by atoms with Gasteiger partial charge in [-0.1, -0.05) is 11.6 Å². The molecule has 15 heteroatoms.